The molecule has 1 amide bonds. The fourth-order valence-corrected chi connectivity index (χ4v) is 3.46. The predicted octanol–water partition coefficient (Wildman–Crippen LogP) is 4.40. The SMILES string of the molecule is CCN(CC)c1ccc([C@H]2CCCN2C(=O)OCc2ccccc2)cn1. The van der Waals surface area contributed by atoms with Crippen LogP contribution in [0.15, 0.2) is 48.7 Å². The third kappa shape index (κ3) is 4.15. The van der Waals surface area contributed by atoms with Crippen LogP contribution in [0.3, 0.4) is 0 Å². The van der Waals surface area contributed by atoms with Gasteiger partial charge in [0.1, 0.15) is 12.4 Å². The molecule has 0 aliphatic carbocycles. The van der Waals surface area contributed by atoms with Gasteiger partial charge in [-0.1, -0.05) is 36.4 Å². The van der Waals surface area contributed by atoms with Crippen LogP contribution in [0.25, 0.3) is 0 Å². The Labute approximate surface area is 155 Å². The molecule has 1 aromatic carbocycles. The lowest BCUT2D eigenvalue weighted by Gasteiger charge is -2.25. The highest BCUT2D eigenvalue weighted by molar-refractivity contribution is 5.68. The average Bonchev–Trinajstić information content (AvgIpc) is 3.18. The van der Waals surface area contributed by atoms with Crippen LogP contribution >= 0.6 is 0 Å². The van der Waals surface area contributed by atoms with Gasteiger partial charge in [0, 0.05) is 25.8 Å². The molecular weight excluding hydrogens is 326 g/mol. The Morgan fingerprint density at radius 2 is 1.96 bits per heavy atom. The van der Waals surface area contributed by atoms with E-state index in [0.717, 1.165) is 49.4 Å². The molecule has 0 spiro atoms. The number of anilines is 1. The van der Waals surface area contributed by atoms with Crippen molar-refractivity contribution in [3.05, 3.63) is 59.8 Å². The number of nitrogens with zero attached hydrogens (tertiary/aromatic N) is 3. The molecule has 0 N–H and O–H groups in total. The first-order chi connectivity index (χ1) is 12.7. The minimum atomic E-state index is -0.246. The number of pyridine rings is 1. The van der Waals surface area contributed by atoms with E-state index in [-0.39, 0.29) is 12.1 Å². The van der Waals surface area contributed by atoms with Gasteiger partial charge in [-0.25, -0.2) is 9.78 Å². The number of hydrogen-bond donors (Lipinski definition) is 0. The maximum atomic E-state index is 12.5. The van der Waals surface area contributed by atoms with E-state index in [1.54, 1.807) is 0 Å². The van der Waals surface area contributed by atoms with Gasteiger partial charge in [0.2, 0.25) is 0 Å². The van der Waals surface area contributed by atoms with E-state index < -0.39 is 0 Å². The number of rotatable bonds is 6. The quantitative estimate of drug-likeness (QED) is 0.772. The van der Waals surface area contributed by atoms with Crippen LogP contribution in [0.4, 0.5) is 10.6 Å². The van der Waals surface area contributed by atoms with E-state index in [4.69, 9.17) is 4.74 Å². The Morgan fingerprint density at radius 1 is 1.19 bits per heavy atom. The van der Waals surface area contributed by atoms with Gasteiger partial charge in [0.25, 0.3) is 0 Å². The van der Waals surface area contributed by atoms with Gasteiger partial charge in [0.05, 0.1) is 6.04 Å². The van der Waals surface area contributed by atoms with Gasteiger partial charge in [-0.3, -0.25) is 0 Å². The summed E-state index contributed by atoms with van der Waals surface area (Å²) in [5.41, 5.74) is 2.08. The third-order valence-electron chi connectivity index (χ3n) is 4.94. The summed E-state index contributed by atoms with van der Waals surface area (Å²) in [4.78, 5) is 21.2. The van der Waals surface area contributed by atoms with Crippen molar-refractivity contribution in [2.24, 2.45) is 0 Å². The van der Waals surface area contributed by atoms with E-state index in [1.807, 2.05) is 47.5 Å². The Balaban J connectivity index is 1.64. The first-order valence-corrected chi connectivity index (χ1v) is 9.41. The fraction of sp³-hybridized carbons (Fsp3) is 0.429. The second-order valence-corrected chi connectivity index (χ2v) is 6.51. The summed E-state index contributed by atoms with van der Waals surface area (Å²) in [6.45, 7) is 7.16. The van der Waals surface area contributed by atoms with Gasteiger partial charge in [-0.15, -0.1) is 0 Å². The van der Waals surface area contributed by atoms with E-state index in [1.165, 1.54) is 0 Å². The fourth-order valence-electron chi connectivity index (χ4n) is 3.46. The molecule has 0 saturated carbocycles. The second kappa shape index (κ2) is 8.70. The number of ether oxygens (including phenoxy) is 1. The average molecular weight is 353 g/mol. The molecule has 1 aromatic heterocycles. The number of carbonyl (C=O) groups excluding carboxylic acids is 1. The highest BCUT2D eigenvalue weighted by Gasteiger charge is 2.31. The Hall–Kier alpha value is -2.56. The number of benzene rings is 1. The summed E-state index contributed by atoms with van der Waals surface area (Å²) < 4.78 is 5.52. The first-order valence-electron chi connectivity index (χ1n) is 9.41. The summed E-state index contributed by atoms with van der Waals surface area (Å²) in [7, 11) is 0. The molecule has 5 nitrogen and oxygen atoms in total. The molecule has 5 heteroatoms. The summed E-state index contributed by atoms with van der Waals surface area (Å²) in [5, 5.41) is 0. The largest absolute Gasteiger partial charge is 0.445 e. The second-order valence-electron chi connectivity index (χ2n) is 6.51. The minimum absolute atomic E-state index is 0.0523. The van der Waals surface area contributed by atoms with Crippen LogP contribution in [-0.2, 0) is 11.3 Å². The molecule has 0 unspecified atom stereocenters. The van der Waals surface area contributed by atoms with Crippen molar-refractivity contribution in [3.63, 3.8) is 0 Å². The Bertz CT molecular complexity index is 699. The third-order valence-corrected chi connectivity index (χ3v) is 4.94. The topological polar surface area (TPSA) is 45.7 Å². The molecule has 3 rings (SSSR count). The Kier molecular flexibility index (Phi) is 6.10. The molecule has 1 aliphatic heterocycles. The predicted molar refractivity (Wildman–Crippen MR) is 103 cm³/mol. The van der Waals surface area contributed by atoms with Crippen LogP contribution in [0.1, 0.15) is 43.9 Å². The number of carbonyl (C=O) groups is 1. The van der Waals surface area contributed by atoms with Crippen molar-refractivity contribution in [2.75, 3.05) is 24.5 Å². The van der Waals surface area contributed by atoms with Gasteiger partial charge >= 0.3 is 6.09 Å². The number of aromatic nitrogens is 1. The molecule has 2 heterocycles. The van der Waals surface area contributed by atoms with Gasteiger partial charge in [0.15, 0.2) is 0 Å². The van der Waals surface area contributed by atoms with Crippen LogP contribution in [-0.4, -0.2) is 35.6 Å². The smallest absolute Gasteiger partial charge is 0.410 e. The van der Waals surface area contributed by atoms with E-state index >= 15 is 0 Å². The summed E-state index contributed by atoms with van der Waals surface area (Å²) >= 11 is 0. The molecule has 26 heavy (non-hydrogen) atoms. The zero-order valence-corrected chi connectivity index (χ0v) is 15.6. The maximum Gasteiger partial charge on any atom is 0.410 e. The summed E-state index contributed by atoms with van der Waals surface area (Å²) in [5.74, 6) is 0.981. The van der Waals surface area contributed by atoms with Gasteiger partial charge in [-0.2, -0.15) is 0 Å². The standard InChI is InChI=1S/C21H27N3O2/c1-3-23(4-2)20-13-12-18(15-22-20)19-11-8-14-24(19)21(25)26-16-17-9-6-5-7-10-17/h5-7,9-10,12-13,15,19H,3-4,8,11,14,16H2,1-2H3/t19-/m1/s1. The molecule has 138 valence electrons. The molecule has 2 aromatic rings. The molecule has 1 saturated heterocycles. The highest BCUT2D eigenvalue weighted by Crippen LogP contribution is 2.32. The van der Waals surface area contributed by atoms with Gasteiger partial charge < -0.3 is 14.5 Å². The molecule has 0 bridgehead atoms. The lowest BCUT2D eigenvalue weighted by molar-refractivity contribution is 0.0920. The van der Waals surface area contributed by atoms with Crippen LogP contribution < -0.4 is 4.90 Å². The lowest BCUT2D eigenvalue weighted by atomic mass is 10.1. The zero-order valence-electron chi connectivity index (χ0n) is 15.6. The zero-order chi connectivity index (χ0) is 18.4. The van der Waals surface area contributed by atoms with Crippen molar-refractivity contribution in [1.82, 2.24) is 9.88 Å². The summed E-state index contributed by atoms with van der Waals surface area (Å²) in [6.07, 6.45) is 3.60. The normalized spacial score (nSPS) is 16.5. The molecular formula is C21H27N3O2. The first kappa shape index (κ1) is 18.2. The lowest BCUT2D eigenvalue weighted by Crippen LogP contribution is -2.31. The van der Waals surface area contributed by atoms with Crippen molar-refractivity contribution in [1.29, 1.82) is 0 Å². The van der Waals surface area contributed by atoms with Crippen LogP contribution in [0.2, 0.25) is 0 Å². The maximum absolute atomic E-state index is 12.5. The molecule has 0 radical (unpaired) electrons. The summed E-state index contributed by atoms with van der Waals surface area (Å²) in [6, 6.07) is 14.0. The van der Waals surface area contributed by atoms with Crippen LogP contribution in [0.5, 0.6) is 0 Å². The van der Waals surface area contributed by atoms with Crippen molar-refractivity contribution in [3.8, 4) is 0 Å². The van der Waals surface area contributed by atoms with Crippen molar-refractivity contribution >= 4 is 11.9 Å². The monoisotopic (exact) mass is 353 g/mol. The van der Waals surface area contributed by atoms with Crippen LogP contribution in [0, 0.1) is 0 Å². The number of likely N-dealkylation sites (tertiary alicyclic amines) is 1. The number of hydrogen-bond acceptors (Lipinski definition) is 4. The van der Waals surface area contributed by atoms with E-state index in [2.05, 4.69) is 29.8 Å². The van der Waals surface area contributed by atoms with Gasteiger partial charge in [-0.05, 0) is 43.9 Å². The molecule has 1 atom stereocenters. The van der Waals surface area contributed by atoms with Crippen molar-refractivity contribution < 1.29 is 9.53 Å². The molecule has 1 aliphatic rings. The van der Waals surface area contributed by atoms with Crippen molar-refractivity contribution in [2.45, 2.75) is 39.3 Å². The van der Waals surface area contributed by atoms with E-state index in [0.29, 0.717) is 6.61 Å². The molecule has 1 fully saturated rings. The van der Waals surface area contributed by atoms with E-state index in [9.17, 15) is 4.79 Å². The highest BCUT2D eigenvalue weighted by atomic mass is 16.6. The minimum Gasteiger partial charge on any atom is -0.445 e. The number of amides is 1. The Morgan fingerprint density at radius 3 is 2.62 bits per heavy atom.